The Morgan fingerprint density at radius 1 is 1.59 bits per heavy atom. The highest BCUT2D eigenvalue weighted by Gasteiger charge is 2.34. The third-order valence-electron chi connectivity index (χ3n) is 1.84. The first-order valence-electron chi connectivity index (χ1n) is 4.21. The lowest BCUT2D eigenvalue weighted by Crippen LogP contribution is -2.18. The Morgan fingerprint density at radius 2 is 2.18 bits per heavy atom. The third kappa shape index (κ3) is 3.19. The smallest absolute Gasteiger partial charge is 0.404 e. The van der Waals surface area contributed by atoms with Gasteiger partial charge in [0.2, 0.25) is 0 Å². The number of rotatable bonds is 3. The van der Waals surface area contributed by atoms with E-state index >= 15 is 0 Å². The second-order valence-corrected chi connectivity index (χ2v) is 3.24. The maximum Gasteiger partial charge on any atom is 0.573 e. The van der Waals surface area contributed by atoms with Crippen LogP contribution < -0.4 is 4.74 Å². The maximum atomic E-state index is 12.0. The molecule has 0 aliphatic rings. The predicted molar refractivity (Wildman–Crippen MR) is 51.9 cm³/mol. The molecular weight excluding hydrogens is 265 g/mol. The summed E-state index contributed by atoms with van der Waals surface area (Å²) in [5, 5.41) is 10.7. The number of nitrogens with zero attached hydrogens (tertiary/aromatic N) is 2. The predicted octanol–water partition coefficient (Wildman–Crippen LogP) is 2.94. The van der Waals surface area contributed by atoms with Crippen LogP contribution in [0.2, 0.25) is 0 Å². The van der Waals surface area contributed by atoms with Crippen molar-refractivity contribution < 1.29 is 22.8 Å². The molecule has 0 saturated carbocycles. The minimum atomic E-state index is -4.95. The van der Waals surface area contributed by atoms with Crippen LogP contribution in [0.15, 0.2) is 6.20 Å². The molecule has 0 aliphatic heterocycles. The monoisotopic (exact) mass is 270 g/mol. The third-order valence-corrected chi connectivity index (χ3v) is 2.11. The normalized spacial score (nSPS) is 11.4. The van der Waals surface area contributed by atoms with Crippen LogP contribution in [0.1, 0.15) is 11.3 Å². The van der Waals surface area contributed by atoms with Crippen molar-refractivity contribution in [2.24, 2.45) is 0 Å². The van der Waals surface area contributed by atoms with Crippen LogP contribution >= 0.6 is 11.6 Å². The summed E-state index contributed by atoms with van der Waals surface area (Å²) in [6.45, 7) is 1.30. The fourth-order valence-corrected chi connectivity index (χ4v) is 1.47. The molecule has 0 saturated heterocycles. The fourth-order valence-electron chi connectivity index (χ4n) is 1.21. The van der Waals surface area contributed by atoms with E-state index in [2.05, 4.69) is 9.72 Å². The van der Waals surface area contributed by atoms with Crippen LogP contribution in [0.3, 0.4) is 0 Å². The van der Waals surface area contributed by atoms with Gasteiger partial charge in [0.1, 0.15) is 5.69 Å². The number of halogens is 4. The van der Waals surface area contributed by atoms with E-state index in [1.54, 1.807) is 0 Å². The molecule has 0 fully saturated rings. The lowest BCUT2D eigenvalue weighted by molar-refractivity contribution is -0.386. The molecule has 0 bridgehead atoms. The molecular formula is C8H6ClF3N2O3. The van der Waals surface area contributed by atoms with Crippen LogP contribution in [0.25, 0.3) is 0 Å². The molecule has 1 rings (SSSR count). The molecule has 5 nitrogen and oxygen atoms in total. The molecule has 0 radical (unpaired) electrons. The van der Waals surface area contributed by atoms with E-state index in [-0.39, 0.29) is 11.3 Å². The molecule has 1 aromatic heterocycles. The van der Waals surface area contributed by atoms with E-state index < -0.39 is 28.6 Å². The molecule has 0 aliphatic carbocycles. The summed E-state index contributed by atoms with van der Waals surface area (Å²) >= 11 is 5.40. The summed E-state index contributed by atoms with van der Waals surface area (Å²) in [7, 11) is 0. The number of aryl methyl sites for hydroxylation is 1. The van der Waals surface area contributed by atoms with E-state index in [0.717, 1.165) is 6.20 Å². The van der Waals surface area contributed by atoms with Gasteiger partial charge in [0.15, 0.2) is 5.75 Å². The average molecular weight is 271 g/mol. The lowest BCUT2D eigenvalue weighted by Gasteiger charge is -2.12. The molecule has 1 aromatic rings. The number of hydrogen-bond donors (Lipinski definition) is 0. The van der Waals surface area contributed by atoms with Crippen molar-refractivity contribution in [3.8, 4) is 5.75 Å². The van der Waals surface area contributed by atoms with E-state index in [4.69, 9.17) is 11.6 Å². The second-order valence-electron chi connectivity index (χ2n) is 2.97. The van der Waals surface area contributed by atoms with Crippen molar-refractivity contribution in [1.82, 2.24) is 4.98 Å². The van der Waals surface area contributed by atoms with Gasteiger partial charge in [-0.2, -0.15) is 0 Å². The molecule has 9 heteroatoms. The van der Waals surface area contributed by atoms with Crippen LogP contribution in [-0.2, 0) is 5.88 Å². The number of nitro groups is 1. The van der Waals surface area contributed by atoms with Crippen molar-refractivity contribution >= 4 is 17.3 Å². The summed E-state index contributed by atoms with van der Waals surface area (Å²) in [4.78, 5) is 13.3. The molecule has 0 spiro atoms. The number of aromatic nitrogens is 1. The summed E-state index contributed by atoms with van der Waals surface area (Å²) in [5.74, 6) is -1.24. The van der Waals surface area contributed by atoms with Crippen molar-refractivity contribution in [2.75, 3.05) is 0 Å². The Labute approximate surface area is 98.3 Å². The summed E-state index contributed by atoms with van der Waals surface area (Å²) in [5.41, 5.74) is -0.941. The van der Waals surface area contributed by atoms with Crippen molar-refractivity contribution in [3.05, 3.63) is 27.6 Å². The van der Waals surface area contributed by atoms with Gasteiger partial charge < -0.3 is 4.74 Å². The molecule has 1 heterocycles. The zero-order chi connectivity index (χ0) is 13.2. The molecule has 0 N–H and O–H groups in total. The van der Waals surface area contributed by atoms with Gasteiger partial charge in [-0.05, 0) is 6.92 Å². The Kier molecular flexibility index (Phi) is 3.76. The average Bonchev–Trinajstić information content (AvgIpc) is 2.17. The van der Waals surface area contributed by atoms with Crippen molar-refractivity contribution in [3.63, 3.8) is 0 Å². The second kappa shape index (κ2) is 4.74. The molecule has 0 unspecified atom stereocenters. The highest BCUT2D eigenvalue weighted by atomic mass is 35.5. The zero-order valence-electron chi connectivity index (χ0n) is 8.42. The van der Waals surface area contributed by atoms with Crippen LogP contribution in [0.5, 0.6) is 5.75 Å². The van der Waals surface area contributed by atoms with Gasteiger partial charge in [-0.25, -0.2) is 0 Å². The first kappa shape index (κ1) is 13.5. The van der Waals surface area contributed by atoms with Gasteiger partial charge in [-0.3, -0.25) is 15.1 Å². The zero-order valence-corrected chi connectivity index (χ0v) is 9.17. The lowest BCUT2D eigenvalue weighted by atomic mass is 10.2. The number of ether oxygens (including phenoxy) is 1. The van der Waals surface area contributed by atoms with Gasteiger partial charge in [-0.1, -0.05) is 0 Å². The van der Waals surface area contributed by atoms with E-state index in [0.29, 0.717) is 0 Å². The van der Waals surface area contributed by atoms with Crippen molar-refractivity contribution in [1.29, 1.82) is 0 Å². The number of alkyl halides is 4. The quantitative estimate of drug-likeness (QED) is 0.481. The van der Waals surface area contributed by atoms with Gasteiger partial charge in [0, 0.05) is 0 Å². The van der Waals surface area contributed by atoms with Crippen LogP contribution in [0.4, 0.5) is 18.9 Å². The Bertz CT molecular complexity index is 450. The number of pyridine rings is 1. The summed E-state index contributed by atoms with van der Waals surface area (Å²) in [6.07, 6.45) is -4.20. The maximum absolute atomic E-state index is 12.0. The number of hydrogen-bond acceptors (Lipinski definition) is 4. The summed E-state index contributed by atoms with van der Waals surface area (Å²) in [6, 6.07) is 0. The SMILES string of the molecule is Cc1ncc(OC(F)(F)F)c(CCl)c1[N+](=O)[O-]. The van der Waals surface area contributed by atoms with Crippen molar-refractivity contribution in [2.45, 2.75) is 19.2 Å². The largest absolute Gasteiger partial charge is 0.573 e. The molecule has 17 heavy (non-hydrogen) atoms. The topological polar surface area (TPSA) is 65.3 Å². The molecule has 94 valence electrons. The minimum absolute atomic E-state index is 0.0276. The van der Waals surface area contributed by atoms with Gasteiger partial charge in [0.05, 0.1) is 22.6 Å². The minimum Gasteiger partial charge on any atom is -0.404 e. The fraction of sp³-hybridized carbons (Fsp3) is 0.375. The van der Waals surface area contributed by atoms with Gasteiger partial charge in [0.25, 0.3) is 5.69 Å². The Hall–Kier alpha value is -1.57. The molecule has 0 amide bonds. The summed E-state index contributed by atoms with van der Waals surface area (Å²) < 4.78 is 39.7. The highest BCUT2D eigenvalue weighted by Crippen LogP contribution is 2.34. The first-order chi connectivity index (χ1) is 7.76. The van der Waals surface area contributed by atoms with Crippen LogP contribution in [-0.4, -0.2) is 16.3 Å². The highest BCUT2D eigenvalue weighted by molar-refractivity contribution is 6.17. The first-order valence-corrected chi connectivity index (χ1v) is 4.74. The van der Waals surface area contributed by atoms with E-state index in [9.17, 15) is 23.3 Å². The van der Waals surface area contributed by atoms with Gasteiger partial charge >= 0.3 is 6.36 Å². The Balaban J connectivity index is 3.33. The van der Waals surface area contributed by atoms with E-state index in [1.807, 2.05) is 0 Å². The van der Waals surface area contributed by atoms with Crippen LogP contribution in [0, 0.1) is 17.0 Å². The molecule has 0 atom stereocenters. The van der Waals surface area contributed by atoms with E-state index in [1.165, 1.54) is 6.92 Å². The Morgan fingerprint density at radius 3 is 2.59 bits per heavy atom. The standard InChI is InChI=1S/C8H6ClF3N2O3/c1-4-7(14(15)16)5(2-9)6(3-13-4)17-8(10,11)12/h3H,2H2,1H3. The van der Waals surface area contributed by atoms with Gasteiger partial charge in [-0.15, -0.1) is 24.8 Å². The molecule has 0 aromatic carbocycles.